The van der Waals surface area contributed by atoms with E-state index >= 15 is 0 Å². The van der Waals surface area contributed by atoms with Gasteiger partial charge in [-0.3, -0.25) is 13.9 Å². The van der Waals surface area contributed by atoms with Gasteiger partial charge >= 0.3 is 0 Å². The number of nitrogens with zero attached hydrogens (tertiary/aromatic N) is 2. The molecule has 2 amide bonds. The molecule has 37 heavy (non-hydrogen) atoms. The zero-order valence-corrected chi connectivity index (χ0v) is 21.6. The molecule has 1 fully saturated rings. The number of hydrogen-bond acceptors (Lipinski definition) is 5. The molecule has 1 saturated heterocycles. The van der Waals surface area contributed by atoms with Gasteiger partial charge in [-0.25, -0.2) is 8.42 Å². The third kappa shape index (κ3) is 7.57. The highest BCUT2D eigenvalue weighted by Gasteiger charge is 2.21. The first kappa shape index (κ1) is 26.2. The van der Waals surface area contributed by atoms with E-state index in [4.69, 9.17) is 4.74 Å². The molecule has 0 unspecified atom stereocenters. The number of carbonyl (C=O) groups is 2. The van der Waals surface area contributed by atoms with Gasteiger partial charge in [-0.2, -0.15) is 0 Å². The molecular formula is C28H31N3O5S. The number of likely N-dealkylation sites (tertiary alicyclic amines) is 1. The Morgan fingerprint density at radius 3 is 2.24 bits per heavy atom. The van der Waals surface area contributed by atoms with Crippen molar-refractivity contribution >= 4 is 27.5 Å². The summed E-state index contributed by atoms with van der Waals surface area (Å²) in [4.78, 5) is 26.3. The molecule has 3 aromatic carbocycles. The summed E-state index contributed by atoms with van der Waals surface area (Å²) in [5.74, 6) is 0.366. The summed E-state index contributed by atoms with van der Waals surface area (Å²) in [6.45, 7) is 1.71. The molecule has 3 aromatic rings. The van der Waals surface area contributed by atoms with Crippen LogP contribution in [0.4, 0.5) is 5.69 Å². The van der Waals surface area contributed by atoms with E-state index in [1.165, 1.54) is 0 Å². The SMILES string of the molecule is CS(=O)(=O)N(CC(=O)NCc1ccc(CN2CCCC2=O)cc1)c1ccc(OCc2ccccc2)cc1. The second-order valence-corrected chi connectivity index (χ2v) is 11.0. The summed E-state index contributed by atoms with van der Waals surface area (Å²) in [5, 5.41) is 2.79. The number of benzene rings is 3. The minimum Gasteiger partial charge on any atom is -0.489 e. The Labute approximate surface area is 217 Å². The smallest absolute Gasteiger partial charge is 0.241 e. The Hall–Kier alpha value is -3.85. The van der Waals surface area contributed by atoms with Crippen molar-refractivity contribution in [2.24, 2.45) is 0 Å². The van der Waals surface area contributed by atoms with Crippen molar-refractivity contribution in [1.29, 1.82) is 0 Å². The number of carbonyl (C=O) groups excluding carboxylic acids is 2. The molecular weight excluding hydrogens is 490 g/mol. The first-order chi connectivity index (χ1) is 17.8. The second kappa shape index (κ2) is 11.9. The third-order valence-corrected chi connectivity index (χ3v) is 7.26. The maximum absolute atomic E-state index is 12.6. The monoisotopic (exact) mass is 521 g/mol. The molecule has 8 nitrogen and oxygen atoms in total. The zero-order chi connectivity index (χ0) is 26.3. The molecule has 194 valence electrons. The van der Waals surface area contributed by atoms with Crippen LogP contribution in [-0.2, 0) is 39.3 Å². The van der Waals surface area contributed by atoms with Crippen LogP contribution in [0.1, 0.15) is 29.5 Å². The lowest BCUT2D eigenvalue weighted by Crippen LogP contribution is -2.40. The predicted molar refractivity (Wildman–Crippen MR) is 142 cm³/mol. The number of ether oxygens (including phenoxy) is 1. The molecule has 0 bridgehead atoms. The largest absolute Gasteiger partial charge is 0.489 e. The van der Waals surface area contributed by atoms with E-state index in [0.29, 0.717) is 31.0 Å². The van der Waals surface area contributed by atoms with Crippen molar-refractivity contribution < 1.29 is 22.7 Å². The van der Waals surface area contributed by atoms with Crippen LogP contribution in [0.3, 0.4) is 0 Å². The first-order valence-corrected chi connectivity index (χ1v) is 14.0. The van der Waals surface area contributed by atoms with Crippen LogP contribution in [0.25, 0.3) is 0 Å². The number of rotatable bonds is 11. The number of nitrogens with one attached hydrogen (secondary N) is 1. The number of anilines is 1. The fraction of sp³-hybridized carbons (Fsp3) is 0.286. The van der Waals surface area contributed by atoms with Gasteiger partial charge in [-0.1, -0.05) is 54.6 Å². The molecule has 1 aliphatic rings. The van der Waals surface area contributed by atoms with Crippen LogP contribution in [0, 0.1) is 0 Å². The fourth-order valence-corrected chi connectivity index (χ4v) is 4.95. The van der Waals surface area contributed by atoms with Crippen molar-refractivity contribution in [1.82, 2.24) is 10.2 Å². The molecule has 0 spiro atoms. The summed E-state index contributed by atoms with van der Waals surface area (Å²) in [7, 11) is -3.69. The van der Waals surface area contributed by atoms with Gasteiger partial charge in [0, 0.05) is 26.1 Å². The van der Waals surface area contributed by atoms with Gasteiger partial charge < -0.3 is 15.0 Å². The third-order valence-electron chi connectivity index (χ3n) is 6.12. The van der Waals surface area contributed by atoms with Gasteiger partial charge in [0.15, 0.2) is 0 Å². The number of hydrogen-bond donors (Lipinski definition) is 1. The van der Waals surface area contributed by atoms with Gasteiger partial charge in [-0.05, 0) is 47.4 Å². The van der Waals surface area contributed by atoms with E-state index in [9.17, 15) is 18.0 Å². The highest BCUT2D eigenvalue weighted by molar-refractivity contribution is 7.92. The van der Waals surface area contributed by atoms with Crippen LogP contribution < -0.4 is 14.4 Å². The second-order valence-electron chi connectivity index (χ2n) is 9.05. The van der Waals surface area contributed by atoms with Crippen molar-refractivity contribution in [2.45, 2.75) is 32.5 Å². The summed E-state index contributed by atoms with van der Waals surface area (Å²) >= 11 is 0. The lowest BCUT2D eigenvalue weighted by molar-refractivity contribution is -0.128. The Balaban J connectivity index is 1.30. The van der Waals surface area contributed by atoms with Crippen LogP contribution in [0.15, 0.2) is 78.9 Å². The maximum atomic E-state index is 12.6. The van der Waals surface area contributed by atoms with Crippen LogP contribution in [0.2, 0.25) is 0 Å². The lowest BCUT2D eigenvalue weighted by Gasteiger charge is -2.22. The molecule has 0 atom stereocenters. The summed E-state index contributed by atoms with van der Waals surface area (Å²) in [6, 6.07) is 24.0. The van der Waals surface area contributed by atoms with Crippen LogP contribution in [-0.4, -0.2) is 44.5 Å². The Morgan fingerprint density at radius 1 is 0.946 bits per heavy atom. The van der Waals surface area contributed by atoms with Crippen molar-refractivity contribution in [3.63, 3.8) is 0 Å². The highest BCUT2D eigenvalue weighted by Crippen LogP contribution is 2.22. The van der Waals surface area contributed by atoms with Crippen molar-refractivity contribution in [3.05, 3.63) is 95.6 Å². The minimum absolute atomic E-state index is 0.182. The molecule has 0 radical (unpaired) electrons. The van der Waals surface area contributed by atoms with Crippen LogP contribution >= 0.6 is 0 Å². The standard InChI is InChI=1S/C28H31N3O5S/c1-37(34,35)31(25-13-15-26(16-14-25)36-21-24-6-3-2-4-7-24)20-27(32)29-18-22-9-11-23(12-10-22)19-30-17-5-8-28(30)33/h2-4,6-7,9-16H,5,8,17-21H2,1H3,(H,29,32). The Kier molecular flexibility index (Phi) is 8.45. The van der Waals surface area contributed by atoms with Crippen molar-refractivity contribution in [2.75, 3.05) is 23.7 Å². The normalized spacial score (nSPS) is 13.4. The predicted octanol–water partition coefficient (Wildman–Crippen LogP) is 3.47. The quantitative estimate of drug-likeness (QED) is 0.417. The van der Waals surface area contributed by atoms with Crippen molar-refractivity contribution in [3.8, 4) is 5.75 Å². The van der Waals surface area contributed by atoms with E-state index in [1.54, 1.807) is 24.3 Å². The summed E-state index contributed by atoms with van der Waals surface area (Å²) < 4.78 is 31.7. The molecule has 0 aliphatic carbocycles. The zero-order valence-electron chi connectivity index (χ0n) is 20.8. The first-order valence-electron chi connectivity index (χ1n) is 12.1. The Morgan fingerprint density at radius 2 is 1.62 bits per heavy atom. The molecule has 9 heteroatoms. The molecule has 1 N–H and O–H groups in total. The van der Waals surface area contributed by atoms with Gasteiger partial charge in [0.25, 0.3) is 0 Å². The molecule has 1 aliphatic heterocycles. The van der Waals surface area contributed by atoms with Gasteiger partial charge in [0.1, 0.15) is 18.9 Å². The number of sulfonamides is 1. The molecule has 1 heterocycles. The summed E-state index contributed by atoms with van der Waals surface area (Å²) in [5.41, 5.74) is 3.32. The number of amides is 2. The summed E-state index contributed by atoms with van der Waals surface area (Å²) in [6.07, 6.45) is 2.59. The van der Waals surface area contributed by atoms with Crippen LogP contribution in [0.5, 0.6) is 5.75 Å². The molecule has 0 aromatic heterocycles. The highest BCUT2D eigenvalue weighted by atomic mass is 32.2. The fourth-order valence-electron chi connectivity index (χ4n) is 4.09. The van der Waals surface area contributed by atoms with E-state index < -0.39 is 15.9 Å². The van der Waals surface area contributed by atoms with Gasteiger partial charge in [-0.15, -0.1) is 0 Å². The van der Waals surface area contributed by atoms with E-state index in [-0.39, 0.29) is 19.0 Å². The topological polar surface area (TPSA) is 96.0 Å². The average molecular weight is 522 g/mol. The van der Waals surface area contributed by atoms with E-state index in [2.05, 4.69) is 5.32 Å². The van der Waals surface area contributed by atoms with Gasteiger partial charge in [0.05, 0.1) is 11.9 Å². The minimum atomic E-state index is -3.69. The lowest BCUT2D eigenvalue weighted by atomic mass is 10.1. The van der Waals surface area contributed by atoms with E-state index in [1.807, 2.05) is 59.5 Å². The van der Waals surface area contributed by atoms with E-state index in [0.717, 1.165) is 40.2 Å². The molecule has 0 saturated carbocycles. The average Bonchev–Trinajstić information content (AvgIpc) is 3.30. The maximum Gasteiger partial charge on any atom is 0.241 e. The Bertz CT molecular complexity index is 1310. The van der Waals surface area contributed by atoms with Gasteiger partial charge in [0.2, 0.25) is 21.8 Å². The molecule has 4 rings (SSSR count).